The Bertz CT molecular complexity index is 543. The van der Waals surface area contributed by atoms with Gasteiger partial charge in [0, 0.05) is 25.0 Å². The molecule has 1 aliphatic carbocycles. The average Bonchev–Trinajstić information content (AvgIpc) is 3.14. The predicted octanol–water partition coefficient (Wildman–Crippen LogP) is 2.57. The Labute approximate surface area is 101 Å². The lowest BCUT2D eigenvalue weighted by Gasteiger charge is -2.14. The number of pyridine rings is 1. The van der Waals surface area contributed by atoms with E-state index in [0.717, 1.165) is 5.69 Å². The zero-order chi connectivity index (χ0) is 11.8. The SMILES string of the molecule is C/N=C/C=C\C1=C(C)c2ncccc2C2OC12. The Morgan fingerprint density at radius 2 is 2.29 bits per heavy atom. The van der Waals surface area contributed by atoms with Gasteiger partial charge in [-0.3, -0.25) is 9.98 Å². The van der Waals surface area contributed by atoms with Gasteiger partial charge < -0.3 is 4.74 Å². The molecule has 2 unspecified atom stereocenters. The normalized spacial score (nSPS) is 26.5. The minimum absolute atomic E-state index is 0.209. The minimum Gasteiger partial charge on any atom is -0.359 e. The summed E-state index contributed by atoms with van der Waals surface area (Å²) in [4.78, 5) is 8.39. The second kappa shape index (κ2) is 3.93. The van der Waals surface area contributed by atoms with Crippen molar-refractivity contribution in [3.8, 4) is 0 Å². The van der Waals surface area contributed by atoms with Crippen molar-refractivity contribution in [3.05, 3.63) is 47.3 Å². The van der Waals surface area contributed by atoms with Crippen LogP contribution >= 0.6 is 0 Å². The first-order valence-electron chi connectivity index (χ1n) is 5.73. The molecule has 2 heterocycles. The molecule has 0 amide bonds. The molecule has 3 rings (SSSR count). The maximum Gasteiger partial charge on any atom is 0.116 e. The lowest BCUT2D eigenvalue weighted by atomic mass is 9.90. The molecule has 0 radical (unpaired) electrons. The van der Waals surface area contributed by atoms with Gasteiger partial charge in [0.25, 0.3) is 0 Å². The summed E-state index contributed by atoms with van der Waals surface area (Å²) in [6.07, 6.45) is 8.07. The maximum absolute atomic E-state index is 5.72. The zero-order valence-corrected chi connectivity index (χ0v) is 9.92. The fourth-order valence-corrected chi connectivity index (χ4v) is 2.35. The zero-order valence-electron chi connectivity index (χ0n) is 9.92. The predicted molar refractivity (Wildman–Crippen MR) is 68.0 cm³/mol. The van der Waals surface area contributed by atoms with Crippen molar-refractivity contribution in [2.24, 2.45) is 4.99 Å². The third kappa shape index (κ3) is 1.63. The first kappa shape index (κ1) is 10.4. The summed E-state index contributed by atoms with van der Waals surface area (Å²) >= 11 is 0. The molecule has 0 saturated carbocycles. The Hall–Kier alpha value is -1.74. The molecule has 1 saturated heterocycles. The Balaban J connectivity index is 2.05. The highest BCUT2D eigenvalue weighted by molar-refractivity contribution is 5.78. The molecule has 3 heteroatoms. The molecule has 1 fully saturated rings. The molecule has 0 aromatic carbocycles. The lowest BCUT2D eigenvalue weighted by Crippen LogP contribution is -2.06. The van der Waals surface area contributed by atoms with Crippen LogP contribution in [0.15, 0.2) is 41.0 Å². The average molecular weight is 226 g/mol. The van der Waals surface area contributed by atoms with Crippen molar-refractivity contribution in [1.82, 2.24) is 4.98 Å². The largest absolute Gasteiger partial charge is 0.359 e. The van der Waals surface area contributed by atoms with E-state index in [1.807, 2.05) is 18.3 Å². The second-order valence-corrected chi connectivity index (χ2v) is 4.27. The lowest BCUT2D eigenvalue weighted by molar-refractivity contribution is 0.392. The van der Waals surface area contributed by atoms with Gasteiger partial charge in [-0.2, -0.15) is 0 Å². The van der Waals surface area contributed by atoms with Gasteiger partial charge in [-0.05, 0) is 30.2 Å². The fraction of sp³-hybridized carbons (Fsp3) is 0.286. The van der Waals surface area contributed by atoms with Gasteiger partial charge in [-0.15, -0.1) is 0 Å². The molecule has 0 spiro atoms. The monoisotopic (exact) mass is 226 g/mol. The highest BCUT2D eigenvalue weighted by Crippen LogP contribution is 2.51. The van der Waals surface area contributed by atoms with E-state index in [0.29, 0.717) is 0 Å². The van der Waals surface area contributed by atoms with Gasteiger partial charge in [0.15, 0.2) is 0 Å². The van der Waals surface area contributed by atoms with Crippen LogP contribution in [0.5, 0.6) is 0 Å². The molecule has 17 heavy (non-hydrogen) atoms. The van der Waals surface area contributed by atoms with Crippen LogP contribution in [0, 0.1) is 0 Å². The van der Waals surface area contributed by atoms with E-state index in [1.165, 1.54) is 16.7 Å². The number of rotatable bonds is 2. The Kier molecular flexibility index (Phi) is 2.41. The van der Waals surface area contributed by atoms with E-state index in [2.05, 4.69) is 29.0 Å². The van der Waals surface area contributed by atoms with Crippen molar-refractivity contribution < 1.29 is 4.74 Å². The summed E-state index contributed by atoms with van der Waals surface area (Å²) in [6.45, 7) is 2.10. The molecular weight excluding hydrogens is 212 g/mol. The molecule has 1 aromatic heterocycles. The molecule has 0 bridgehead atoms. The summed E-state index contributed by atoms with van der Waals surface area (Å²) in [5, 5.41) is 0. The molecule has 1 aliphatic heterocycles. The topological polar surface area (TPSA) is 37.8 Å². The minimum atomic E-state index is 0.209. The summed E-state index contributed by atoms with van der Waals surface area (Å²) < 4.78 is 5.72. The van der Waals surface area contributed by atoms with Crippen molar-refractivity contribution >= 4 is 11.8 Å². The molecule has 2 aliphatic rings. The van der Waals surface area contributed by atoms with Gasteiger partial charge in [0.1, 0.15) is 12.2 Å². The van der Waals surface area contributed by atoms with E-state index >= 15 is 0 Å². The van der Waals surface area contributed by atoms with Crippen LogP contribution in [0.1, 0.15) is 24.3 Å². The third-order valence-electron chi connectivity index (χ3n) is 3.24. The number of allylic oxidation sites excluding steroid dienone is 2. The first-order chi connectivity index (χ1) is 8.33. The van der Waals surface area contributed by atoms with Gasteiger partial charge in [-0.25, -0.2) is 0 Å². The highest BCUT2D eigenvalue weighted by atomic mass is 16.6. The van der Waals surface area contributed by atoms with Gasteiger partial charge in [-0.1, -0.05) is 12.1 Å². The number of hydrogen-bond donors (Lipinski definition) is 0. The number of nitrogens with zero attached hydrogens (tertiary/aromatic N) is 2. The van der Waals surface area contributed by atoms with E-state index in [9.17, 15) is 0 Å². The van der Waals surface area contributed by atoms with E-state index in [4.69, 9.17) is 4.74 Å². The summed E-state index contributed by atoms with van der Waals surface area (Å²) in [5.41, 5.74) is 4.72. The van der Waals surface area contributed by atoms with Crippen LogP contribution in [-0.4, -0.2) is 24.4 Å². The van der Waals surface area contributed by atoms with Crippen molar-refractivity contribution in [2.75, 3.05) is 7.05 Å². The van der Waals surface area contributed by atoms with E-state index in [-0.39, 0.29) is 12.2 Å². The Morgan fingerprint density at radius 1 is 1.41 bits per heavy atom. The van der Waals surface area contributed by atoms with Crippen molar-refractivity contribution in [3.63, 3.8) is 0 Å². The van der Waals surface area contributed by atoms with Crippen molar-refractivity contribution in [1.29, 1.82) is 0 Å². The number of fused-ring (bicyclic) bond motifs is 3. The fourth-order valence-electron chi connectivity index (χ4n) is 2.35. The molecule has 3 nitrogen and oxygen atoms in total. The maximum atomic E-state index is 5.72. The van der Waals surface area contributed by atoms with Crippen LogP contribution in [0.2, 0.25) is 0 Å². The summed E-state index contributed by atoms with van der Waals surface area (Å²) in [5.74, 6) is 0. The van der Waals surface area contributed by atoms with Gasteiger partial charge in [0.2, 0.25) is 0 Å². The van der Waals surface area contributed by atoms with Gasteiger partial charge >= 0.3 is 0 Å². The van der Waals surface area contributed by atoms with Crippen LogP contribution in [-0.2, 0) is 4.74 Å². The summed E-state index contributed by atoms with van der Waals surface area (Å²) in [6, 6.07) is 4.07. The third-order valence-corrected chi connectivity index (χ3v) is 3.24. The number of aromatic nitrogens is 1. The van der Waals surface area contributed by atoms with Crippen LogP contribution in [0.25, 0.3) is 5.57 Å². The summed E-state index contributed by atoms with van der Waals surface area (Å²) in [7, 11) is 1.76. The number of ether oxygens (including phenoxy) is 1. The second-order valence-electron chi connectivity index (χ2n) is 4.27. The smallest absolute Gasteiger partial charge is 0.116 e. The van der Waals surface area contributed by atoms with Gasteiger partial charge in [0.05, 0.1) is 5.69 Å². The molecule has 1 aromatic rings. The standard InChI is InChI=1S/C14H14N2O/c1-9-10(5-3-7-15-2)13-14(17-13)11-6-4-8-16-12(9)11/h3-8,13-14H,1-2H3/b5-3-,15-7+. The molecular formula is C14H14N2O. The van der Waals surface area contributed by atoms with Crippen LogP contribution in [0.4, 0.5) is 0 Å². The molecule has 2 atom stereocenters. The number of epoxide rings is 1. The first-order valence-corrected chi connectivity index (χ1v) is 5.73. The highest BCUT2D eigenvalue weighted by Gasteiger charge is 2.47. The number of hydrogen-bond acceptors (Lipinski definition) is 3. The molecule has 86 valence electrons. The number of aliphatic imine (C=N–C) groups is 1. The molecule has 0 N–H and O–H groups in total. The van der Waals surface area contributed by atoms with Crippen molar-refractivity contribution in [2.45, 2.75) is 19.1 Å². The quantitative estimate of drug-likeness (QED) is 0.574. The van der Waals surface area contributed by atoms with E-state index < -0.39 is 0 Å². The Morgan fingerprint density at radius 3 is 3.12 bits per heavy atom. The van der Waals surface area contributed by atoms with E-state index in [1.54, 1.807) is 13.3 Å². The van der Waals surface area contributed by atoms with Crippen LogP contribution < -0.4 is 0 Å². The van der Waals surface area contributed by atoms with Crippen LogP contribution in [0.3, 0.4) is 0 Å².